The molecule has 0 bridgehead atoms. The Balaban J connectivity index is 1.81. The number of hydrogen-bond acceptors (Lipinski definition) is 4. The second-order valence-electron chi connectivity index (χ2n) is 9.42. The van der Waals surface area contributed by atoms with Crippen molar-refractivity contribution in [3.05, 3.63) is 129 Å². The Bertz CT molecular complexity index is 1640. The summed E-state index contributed by atoms with van der Waals surface area (Å²) in [5.41, 5.74) is 1.71. The predicted molar refractivity (Wildman–Crippen MR) is 170 cm³/mol. The Morgan fingerprint density at radius 2 is 1.43 bits per heavy atom. The molecule has 1 atom stereocenters. The van der Waals surface area contributed by atoms with Gasteiger partial charge in [-0.25, -0.2) is 8.42 Å². The number of halogens is 3. The van der Waals surface area contributed by atoms with Crippen LogP contribution in [0.25, 0.3) is 0 Å². The van der Waals surface area contributed by atoms with Crippen LogP contribution in [0, 0.1) is 0 Å². The van der Waals surface area contributed by atoms with Gasteiger partial charge in [0.15, 0.2) is 0 Å². The molecule has 4 rings (SSSR count). The third-order valence-corrected chi connectivity index (χ3v) is 9.22. The number of nitrogens with zero attached hydrogens (tertiary/aromatic N) is 2. The van der Waals surface area contributed by atoms with E-state index in [0.717, 1.165) is 19.9 Å². The maximum absolute atomic E-state index is 14.3. The third kappa shape index (κ3) is 7.92. The highest BCUT2D eigenvalue weighted by Crippen LogP contribution is 2.30. The molecule has 0 aliphatic carbocycles. The standard InChI is InChI=1S/C31H28BrCl2N3O4S/c1-35-31(39)29(16-22-9-4-2-5-10-22)36(20-23-11-8-12-24(32)15-23)30(38)21-37(27-18-25(33)17-26(34)19-27)42(40,41)28-13-6-3-7-14-28/h2-15,17-19,29H,16,20-21H2,1H3,(H,35,39)/t29-/m1/s1. The lowest BCUT2D eigenvalue weighted by atomic mass is 10.0. The Morgan fingerprint density at radius 3 is 2.02 bits per heavy atom. The molecule has 0 spiro atoms. The molecule has 0 unspecified atom stereocenters. The normalized spacial score (nSPS) is 11.9. The van der Waals surface area contributed by atoms with Crippen LogP contribution < -0.4 is 9.62 Å². The number of amides is 2. The van der Waals surface area contributed by atoms with Crippen LogP contribution in [-0.4, -0.2) is 44.8 Å². The topological polar surface area (TPSA) is 86.8 Å². The number of carbonyl (C=O) groups excluding carboxylic acids is 2. The van der Waals surface area contributed by atoms with Gasteiger partial charge in [0, 0.05) is 34.5 Å². The maximum Gasteiger partial charge on any atom is 0.264 e. The molecular weight excluding hydrogens is 661 g/mol. The molecular formula is C31H28BrCl2N3O4S. The Hall–Kier alpha value is -3.37. The maximum atomic E-state index is 14.3. The van der Waals surface area contributed by atoms with E-state index in [9.17, 15) is 18.0 Å². The van der Waals surface area contributed by atoms with Crippen LogP contribution >= 0.6 is 39.1 Å². The highest BCUT2D eigenvalue weighted by atomic mass is 79.9. The number of likely N-dealkylation sites (N-methyl/N-ethyl adjacent to an activating group) is 1. The SMILES string of the molecule is CNC(=O)[C@@H](Cc1ccccc1)N(Cc1cccc(Br)c1)C(=O)CN(c1cc(Cl)cc(Cl)c1)S(=O)(=O)c1ccccc1. The van der Waals surface area contributed by atoms with Crippen molar-refractivity contribution in [3.8, 4) is 0 Å². The molecule has 0 saturated carbocycles. The van der Waals surface area contributed by atoms with E-state index >= 15 is 0 Å². The number of nitrogens with one attached hydrogen (secondary N) is 1. The second kappa shape index (κ2) is 14.2. The lowest BCUT2D eigenvalue weighted by Crippen LogP contribution is -2.53. The molecule has 0 aliphatic rings. The fraction of sp³-hybridized carbons (Fsp3) is 0.161. The Morgan fingerprint density at radius 1 is 0.833 bits per heavy atom. The summed E-state index contributed by atoms with van der Waals surface area (Å²) >= 11 is 16.0. The van der Waals surface area contributed by atoms with Gasteiger partial charge in [-0.2, -0.15) is 0 Å². The van der Waals surface area contributed by atoms with Gasteiger partial charge in [0.2, 0.25) is 11.8 Å². The predicted octanol–water partition coefficient (Wildman–Crippen LogP) is 6.34. The van der Waals surface area contributed by atoms with E-state index in [1.165, 1.54) is 42.3 Å². The van der Waals surface area contributed by atoms with Crippen LogP contribution in [0.5, 0.6) is 0 Å². The van der Waals surface area contributed by atoms with Gasteiger partial charge in [0.05, 0.1) is 10.6 Å². The fourth-order valence-electron chi connectivity index (χ4n) is 4.48. The molecule has 42 heavy (non-hydrogen) atoms. The monoisotopic (exact) mass is 687 g/mol. The average molecular weight is 689 g/mol. The van der Waals surface area contributed by atoms with E-state index in [2.05, 4.69) is 21.2 Å². The van der Waals surface area contributed by atoms with Crippen LogP contribution in [0.4, 0.5) is 5.69 Å². The van der Waals surface area contributed by atoms with Gasteiger partial charge in [-0.1, -0.05) is 99.8 Å². The lowest BCUT2D eigenvalue weighted by Gasteiger charge is -2.33. The van der Waals surface area contributed by atoms with E-state index < -0.39 is 28.5 Å². The van der Waals surface area contributed by atoms with Crippen LogP contribution in [0.1, 0.15) is 11.1 Å². The Labute approximate surface area is 264 Å². The fourth-order valence-corrected chi connectivity index (χ4v) is 6.86. The van der Waals surface area contributed by atoms with Crippen molar-refractivity contribution < 1.29 is 18.0 Å². The van der Waals surface area contributed by atoms with Crippen molar-refractivity contribution in [1.29, 1.82) is 0 Å². The molecule has 0 heterocycles. The summed E-state index contributed by atoms with van der Waals surface area (Å²) in [5, 5.41) is 3.08. The van der Waals surface area contributed by atoms with E-state index in [4.69, 9.17) is 23.2 Å². The summed E-state index contributed by atoms with van der Waals surface area (Å²) in [5.74, 6) is -0.972. The van der Waals surface area contributed by atoms with Crippen molar-refractivity contribution in [2.45, 2.75) is 23.9 Å². The molecule has 2 amide bonds. The smallest absolute Gasteiger partial charge is 0.264 e. The van der Waals surface area contributed by atoms with Crippen molar-refractivity contribution in [2.75, 3.05) is 17.9 Å². The first-order chi connectivity index (χ1) is 20.1. The van der Waals surface area contributed by atoms with Crippen LogP contribution in [0.2, 0.25) is 10.0 Å². The van der Waals surface area contributed by atoms with Crippen LogP contribution in [0.3, 0.4) is 0 Å². The molecule has 0 fully saturated rings. The lowest BCUT2D eigenvalue weighted by molar-refractivity contribution is -0.139. The number of carbonyl (C=O) groups is 2. The van der Waals surface area contributed by atoms with Gasteiger partial charge in [0.25, 0.3) is 10.0 Å². The van der Waals surface area contributed by atoms with E-state index in [-0.39, 0.29) is 39.5 Å². The van der Waals surface area contributed by atoms with Gasteiger partial charge >= 0.3 is 0 Å². The van der Waals surface area contributed by atoms with E-state index in [1.54, 1.807) is 18.2 Å². The minimum atomic E-state index is -4.25. The summed E-state index contributed by atoms with van der Waals surface area (Å²) in [6, 6.07) is 27.9. The van der Waals surface area contributed by atoms with Gasteiger partial charge in [-0.05, 0) is 53.6 Å². The van der Waals surface area contributed by atoms with E-state index in [1.807, 2.05) is 54.6 Å². The first kappa shape index (κ1) is 31.6. The average Bonchev–Trinajstić information content (AvgIpc) is 2.97. The molecule has 0 radical (unpaired) electrons. The molecule has 11 heteroatoms. The molecule has 0 saturated heterocycles. The largest absolute Gasteiger partial charge is 0.357 e. The van der Waals surface area contributed by atoms with Crippen LogP contribution in [0.15, 0.2) is 112 Å². The third-order valence-electron chi connectivity index (χ3n) is 6.50. The molecule has 4 aromatic carbocycles. The highest BCUT2D eigenvalue weighted by molar-refractivity contribution is 9.10. The van der Waals surface area contributed by atoms with Crippen LogP contribution in [-0.2, 0) is 32.6 Å². The highest BCUT2D eigenvalue weighted by Gasteiger charge is 2.34. The zero-order valence-corrected chi connectivity index (χ0v) is 26.5. The first-order valence-corrected chi connectivity index (χ1v) is 15.9. The zero-order chi connectivity index (χ0) is 30.3. The van der Waals surface area contributed by atoms with E-state index in [0.29, 0.717) is 0 Å². The summed E-state index contributed by atoms with van der Waals surface area (Å²) in [7, 11) is -2.74. The van der Waals surface area contributed by atoms with Gasteiger partial charge in [0.1, 0.15) is 12.6 Å². The quantitative estimate of drug-likeness (QED) is 0.199. The van der Waals surface area contributed by atoms with Gasteiger partial charge in [-0.3, -0.25) is 13.9 Å². The molecule has 218 valence electrons. The molecule has 4 aromatic rings. The minimum Gasteiger partial charge on any atom is -0.357 e. The summed E-state index contributed by atoms with van der Waals surface area (Å²) in [4.78, 5) is 29.0. The number of sulfonamides is 1. The number of anilines is 1. The molecule has 1 N–H and O–H groups in total. The minimum absolute atomic E-state index is 0.0143. The van der Waals surface area contributed by atoms with Crippen molar-refractivity contribution in [3.63, 3.8) is 0 Å². The Kier molecular flexibility index (Phi) is 10.7. The summed E-state index contributed by atoms with van der Waals surface area (Å²) in [6.07, 6.45) is 0.217. The van der Waals surface area contributed by atoms with Gasteiger partial charge < -0.3 is 10.2 Å². The summed E-state index contributed by atoms with van der Waals surface area (Å²) < 4.78 is 29.7. The van der Waals surface area contributed by atoms with Gasteiger partial charge in [-0.15, -0.1) is 0 Å². The molecule has 0 aromatic heterocycles. The number of rotatable bonds is 11. The van der Waals surface area contributed by atoms with Crippen molar-refractivity contribution in [2.24, 2.45) is 0 Å². The van der Waals surface area contributed by atoms with Crippen molar-refractivity contribution >= 4 is 66.7 Å². The molecule has 7 nitrogen and oxygen atoms in total. The zero-order valence-electron chi connectivity index (χ0n) is 22.6. The van der Waals surface area contributed by atoms with Crippen molar-refractivity contribution in [1.82, 2.24) is 10.2 Å². The number of hydrogen-bond donors (Lipinski definition) is 1. The first-order valence-electron chi connectivity index (χ1n) is 12.9. The molecule has 0 aliphatic heterocycles. The number of benzene rings is 4. The summed E-state index contributed by atoms with van der Waals surface area (Å²) in [6.45, 7) is -0.553. The second-order valence-corrected chi connectivity index (χ2v) is 13.1.